The fourth-order valence-corrected chi connectivity index (χ4v) is 4.12. The van der Waals surface area contributed by atoms with Crippen LogP contribution in [0, 0.1) is 0 Å². The smallest absolute Gasteiger partial charge is 0.143 e. The lowest BCUT2D eigenvalue weighted by Crippen LogP contribution is -2.40. The summed E-state index contributed by atoms with van der Waals surface area (Å²) in [5.41, 5.74) is 5.41. The molecule has 0 aliphatic carbocycles. The highest BCUT2D eigenvalue weighted by molar-refractivity contribution is 5.82. The van der Waals surface area contributed by atoms with Crippen molar-refractivity contribution < 1.29 is 9.13 Å². The monoisotopic (exact) mass is 434 g/mol. The predicted octanol–water partition coefficient (Wildman–Crippen LogP) is 5.73. The average Bonchev–Trinajstić information content (AvgIpc) is 3.19. The summed E-state index contributed by atoms with van der Waals surface area (Å²) < 4.78 is 19.8. The molecule has 0 bridgehead atoms. The zero-order chi connectivity index (χ0) is 22.6. The van der Waals surface area contributed by atoms with E-state index in [1.807, 2.05) is 0 Å². The van der Waals surface area contributed by atoms with E-state index in [-0.39, 0.29) is 5.83 Å². The molecule has 0 aromatic rings. The Morgan fingerprint density at radius 1 is 1.26 bits per heavy atom. The van der Waals surface area contributed by atoms with Crippen molar-refractivity contribution >= 4 is 5.84 Å². The number of ether oxygens (including phenoxy) is 1. The number of allylic oxidation sites excluding steroid dienone is 3. The van der Waals surface area contributed by atoms with Crippen LogP contribution in [-0.4, -0.2) is 54.1 Å². The van der Waals surface area contributed by atoms with Gasteiger partial charge in [0, 0.05) is 44.4 Å². The second-order valence-electron chi connectivity index (χ2n) is 8.57. The van der Waals surface area contributed by atoms with Crippen LogP contribution < -0.4 is 5.43 Å². The molecule has 0 saturated carbocycles. The molecule has 1 atom stereocenters. The summed E-state index contributed by atoms with van der Waals surface area (Å²) in [5.74, 6) is 0.592. The summed E-state index contributed by atoms with van der Waals surface area (Å²) >= 11 is 0. The lowest BCUT2D eigenvalue weighted by molar-refractivity contribution is 0.0171. The van der Waals surface area contributed by atoms with Gasteiger partial charge < -0.3 is 14.6 Å². The summed E-state index contributed by atoms with van der Waals surface area (Å²) in [7, 11) is 0. The fourth-order valence-electron chi connectivity index (χ4n) is 4.12. The van der Waals surface area contributed by atoms with Crippen LogP contribution in [-0.2, 0) is 4.74 Å². The highest BCUT2D eigenvalue weighted by Crippen LogP contribution is 2.20. The van der Waals surface area contributed by atoms with Gasteiger partial charge in [0.2, 0.25) is 0 Å². The standard InChI is InChI=1S/C25H43FN4O/c1-6-21-18-22(30(8-3)28-21)12-10-9-11-17-31-23-13-15-29(16-14-23)25(7-2)27-19-24(26)20(4)5/h18-19,21,23,28H,4,6-17H2,1-3,5H3/b24-19+,27-25+. The van der Waals surface area contributed by atoms with E-state index in [9.17, 15) is 4.39 Å². The Kier molecular flexibility index (Phi) is 11.3. The van der Waals surface area contributed by atoms with Crippen molar-refractivity contribution in [1.29, 1.82) is 0 Å². The van der Waals surface area contributed by atoms with Gasteiger partial charge in [-0.1, -0.05) is 26.8 Å². The number of piperidine rings is 1. The van der Waals surface area contributed by atoms with Gasteiger partial charge in [0.1, 0.15) is 11.7 Å². The molecule has 2 aliphatic rings. The number of unbranched alkanes of at least 4 members (excludes halogenated alkanes) is 2. The number of hydrogen-bond acceptors (Lipinski definition) is 4. The number of aliphatic imine (C=N–C) groups is 1. The van der Waals surface area contributed by atoms with Crippen molar-refractivity contribution in [1.82, 2.24) is 15.3 Å². The van der Waals surface area contributed by atoms with E-state index < -0.39 is 0 Å². The molecule has 0 aromatic carbocycles. The molecule has 31 heavy (non-hydrogen) atoms. The van der Waals surface area contributed by atoms with Gasteiger partial charge in [-0.15, -0.1) is 0 Å². The molecule has 2 aliphatic heterocycles. The van der Waals surface area contributed by atoms with Crippen LogP contribution in [0.5, 0.6) is 0 Å². The van der Waals surface area contributed by atoms with E-state index in [0.717, 1.165) is 70.6 Å². The summed E-state index contributed by atoms with van der Waals surface area (Å²) in [5, 5.41) is 2.30. The van der Waals surface area contributed by atoms with Crippen molar-refractivity contribution in [3.8, 4) is 0 Å². The van der Waals surface area contributed by atoms with Crippen molar-refractivity contribution in [2.45, 2.75) is 91.2 Å². The number of hydrazine groups is 1. The molecule has 0 aromatic heterocycles. The second-order valence-corrected chi connectivity index (χ2v) is 8.57. The maximum Gasteiger partial charge on any atom is 0.143 e. The molecule has 5 nitrogen and oxygen atoms in total. The lowest BCUT2D eigenvalue weighted by atomic mass is 10.1. The van der Waals surface area contributed by atoms with Crippen molar-refractivity contribution in [3.63, 3.8) is 0 Å². The third-order valence-electron chi connectivity index (χ3n) is 6.11. The Labute approximate surface area is 189 Å². The third kappa shape index (κ3) is 8.41. The molecule has 0 spiro atoms. The van der Waals surface area contributed by atoms with Crippen LogP contribution in [0.2, 0.25) is 0 Å². The van der Waals surface area contributed by atoms with Crippen LogP contribution in [0.1, 0.15) is 79.1 Å². The first-order chi connectivity index (χ1) is 15.0. The van der Waals surface area contributed by atoms with Gasteiger partial charge in [-0.3, -0.25) is 0 Å². The molecule has 1 fully saturated rings. The topological polar surface area (TPSA) is 40.1 Å². The highest BCUT2D eigenvalue weighted by atomic mass is 19.1. The Morgan fingerprint density at radius 2 is 2.00 bits per heavy atom. The molecule has 0 radical (unpaired) electrons. The first kappa shape index (κ1) is 25.6. The molecule has 1 N–H and O–H groups in total. The van der Waals surface area contributed by atoms with E-state index in [1.165, 1.54) is 24.7 Å². The van der Waals surface area contributed by atoms with Crippen LogP contribution in [0.3, 0.4) is 0 Å². The Balaban J connectivity index is 1.61. The summed E-state index contributed by atoms with van der Waals surface area (Å²) in [6, 6.07) is 0.503. The number of amidine groups is 1. The number of rotatable bonds is 12. The van der Waals surface area contributed by atoms with E-state index >= 15 is 0 Å². The number of halogens is 1. The van der Waals surface area contributed by atoms with Crippen LogP contribution in [0.25, 0.3) is 0 Å². The van der Waals surface area contributed by atoms with E-state index in [4.69, 9.17) is 4.74 Å². The van der Waals surface area contributed by atoms with Gasteiger partial charge in [-0.2, -0.15) is 0 Å². The normalized spacial score (nSPS) is 21.1. The molecular weight excluding hydrogens is 391 g/mol. The van der Waals surface area contributed by atoms with E-state index in [1.54, 1.807) is 6.92 Å². The highest BCUT2D eigenvalue weighted by Gasteiger charge is 2.21. The molecular formula is C25H43FN4O. The molecule has 1 saturated heterocycles. The Morgan fingerprint density at radius 3 is 2.61 bits per heavy atom. The number of likely N-dealkylation sites (tertiary alicyclic amines) is 1. The van der Waals surface area contributed by atoms with Crippen LogP contribution in [0.4, 0.5) is 4.39 Å². The van der Waals surface area contributed by atoms with E-state index in [2.05, 4.69) is 53.8 Å². The summed E-state index contributed by atoms with van der Waals surface area (Å²) in [6.07, 6.45) is 12.7. The van der Waals surface area contributed by atoms with Crippen LogP contribution in [0.15, 0.2) is 40.9 Å². The van der Waals surface area contributed by atoms with Gasteiger partial charge >= 0.3 is 0 Å². The number of nitrogens with zero attached hydrogens (tertiary/aromatic N) is 3. The molecule has 6 heteroatoms. The molecule has 176 valence electrons. The van der Waals surface area contributed by atoms with Crippen molar-refractivity contribution in [2.75, 3.05) is 26.2 Å². The minimum absolute atomic E-state index is 0.333. The van der Waals surface area contributed by atoms with Gasteiger partial charge in [-0.25, -0.2) is 14.8 Å². The SMILES string of the molecule is C=C(C)/C(F)=C\N=C(/CC)N1CCC(OCCCCCC2=CC(CC)NN2CC)CC1. The van der Waals surface area contributed by atoms with Gasteiger partial charge in [0.25, 0.3) is 0 Å². The second kappa shape index (κ2) is 13.7. The zero-order valence-electron chi connectivity index (χ0n) is 20.1. The van der Waals surface area contributed by atoms with E-state index in [0.29, 0.717) is 17.7 Å². The fraction of sp³-hybridized carbons (Fsp3) is 0.720. The van der Waals surface area contributed by atoms with Gasteiger partial charge in [0.15, 0.2) is 0 Å². The zero-order valence-corrected chi connectivity index (χ0v) is 20.1. The maximum atomic E-state index is 13.6. The minimum atomic E-state index is -0.350. The first-order valence-corrected chi connectivity index (χ1v) is 12.2. The molecule has 1 unspecified atom stereocenters. The van der Waals surface area contributed by atoms with Crippen molar-refractivity contribution in [2.24, 2.45) is 4.99 Å². The summed E-state index contributed by atoms with van der Waals surface area (Å²) in [4.78, 5) is 6.61. The van der Waals surface area contributed by atoms with Crippen LogP contribution >= 0.6 is 0 Å². The quantitative estimate of drug-likeness (QED) is 0.184. The number of nitrogens with one attached hydrogen (secondary N) is 1. The third-order valence-corrected chi connectivity index (χ3v) is 6.11. The maximum absolute atomic E-state index is 13.6. The largest absolute Gasteiger partial charge is 0.378 e. The molecule has 2 rings (SSSR count). The summed E-state index contributed by atoms with van der Waals surface area (Å²) in [6.45, 7) is 15.5. The molecule has 2 heterocycles. The average molecular weight is 435 g/mol. The lowest BCUT2D eigenvalue weighted by Gasteiger charge is -2.33. The minimum Gasteiger partial charge on any atom is -0.378 e. The Bertz CT molecular complexity index is 650. The first-order valence-electron chi connectivity index (χ1n) is 12.2. The molecule has 0 amide bonds. The van der Waals surface area contributed by atoms with Gasteiger partial charge in [-0.05, 0) is 64.0 Å². The number of hydrogen-bond donors (Lipinski definition) is 1. The van der Waals surface area contributed by atoms with Crippen molar-refractivity contribution in [3.05, 3.63) is 36.0 Å². The Hall–Kier alpha value is -1.66. The predicted molar refractivity (Wildman–Crippen MR) is 128 cm³/mol. The van der Waals surface area contributed by atoms with Gasteiger partial charge in [0.05, 0.1) is 12.3 Å².